The van der Waals surface area contributed by atoms with Crippen LogP contribution in [0.3, 0.4) is 0 Å². The van der Waals surface area contributed by atoms with Crippen LogP contribution >= 0.6 is 0 Å². The lowest BCUT2D eigenvalue weighted by atomic mass is 9.93. The number of piperazine rings is 1. The molecule has 3 fully saturated rings. The van der Waals surface area contributed by atoms with Gasteiger partial charge < -0.3 is 5.32 Å². The van der Waals surface area contributed by atoms with Gasteiger partial charge in [-0.3, -0.25) is 4.90 Å². The Morgan fingerprint density at radius 1 is 0.867 bits per heavy atom. The van der Waals surface area contributed by atoms with Crippen molar-refractivity contribution < 1.29 is 0 Å². The van der Waals surface area contributed by atoms with E-state index < -0.39 is 0 Å². The third-order valence-corrected chi connectivity index (χ3v) is 4.52. The topological polar surface area (TPSA) is 15.3 Å². The summed E-state index contributed by atoms with van der Waals surface area (Å²) in [6.45, 7) is 4.05. The molecular weight excluding hydrogens is 184 g/mol. The zero-order chi connectivity index (χ0) is 10.1. The molecule has 1 N–H and O–H groups in total. The first kappa shape index (κ1) is 10.1. The Morgan fingerprint density at radius 2 is 1.53 bits per heavy atom. The Morgan fingerprint density at radius 3 is 2.20 bits per heavy atom. The molecule has 0 spiro atoms. The molecule has 3 rings (SSSR count). The lowest BCUT2D eigenvalue weighted by molar-refractivity contribution is 0.110. The Hall–Kier alpha value is -0.0800. The van der Waals surface area contributed by atoms with E-state index in [1.54, 1.807) is 0 Å². The summed E-state index contributed by atoms with van der Waals surface area (Å²) in [6, 6.07) is 1.64. The van der Waals surface area contributed by atoms with Gasteiger partial charge in [0.05, 0.1) is 0 Å². The molecular formula is C13H24N2. The minimum Gasteiger partial charge on any atom is -0.309 e. The average Bonchev–Trinajstić information content (AvgIpc) is 2.70. The van der Waals surface area contributed by atoms with Crippen molar-refractivity contribution in [2.24, 2.45) is 5.92 Å². The van der Waals surface area contributed by atoms with Crippen LogP contribution in [-0.4, -0.2) is 36.6 Å². The van der Waals surface area contributed by atoms with E-state index in [1.807, 2.05) is 0 Å². The van der Waals surface area contributed by atoms with E-state index in [2.05, 4.69) is 10.2 Å². The Labute approximate surface area is 93.4 Å². The fourth-order valence-corrected chi connectivity index (χ4v) is 3.80. The zero-order valence-electron chi connectivity index (χ0n) is 9.75. The van der Waals surface area contributed by atoms with Crippen LogP contribution < -0.4 is 5.32 Å². The van der Waals surface area contributed by atoms with Crippen LogP contribution in [0.2, 0.25) is 0 Å². The monoisotopic (exact) mass is 208 g/mol. The van der Waals surface area contributed by atoms with Crippen molar-refractivity contribution in [2.45, 2.75) is 57.0 Å². The van der Waals surface area contributed by atoms with Crippen molar-refractivity contribution in [2.75, 3.05) is 19.6 Å². The van der Waals surface area contributed by atoms with Crippen molar-refractivity contribution in [3.05, 3.63) is 0 Å². The molecule has 2 nitrogen and oxygen atoms in total. The molecule has 0 radical (unpaired) electrons. The fourth-order valence-electron chi connectivity index (χ4n) is 3.80. The minimum atomic E-state index is 0.818. The number of fused-ring (bicyclic) bond motifs is 2. The summed E-state index contributed by atoms with van der Waals surface area (Å²) in [6.07, 6.45) is 10.3. The molecule has 2 aliphatic heterocycles. The summed E-state index contributed by atoms with van der Waals surface area (Å²) in [5, 5.41) is 3.77. The second-order valence-corrected chi connectivity index (χ2v) is 5.86. The molecule has 2 bridgehead atoms. The van der Waals surface area contributed by atoms with Gasteiger partial charge in [0.15, 0.2) is 0 Å². The highest BCUT2D eigenvalue weighted by Gasteiger charge is 2.30. The van der Waals surface area contributed by atoms with Crippen LogP contribution in [0, 0.1) is 5.92 Å². The predicted molar refractivity (Wildman–Crippen MR) is 63.0 cm³/mol. The van der Waals surface area contributed by atoms with E-state index in [0.29, 0.717) is 0 Å². The number of hydrogen-bond acceptors (Lipinski definition) is 2. The molecule has 2 heteroatoms. The lowest BCUT2D eigenvalue weighted by Gasteiger charge is -2.43. The molecule has 2 unspecified atom stereocenters. The fraction of sp³-hybridized carbons (Fsp3) is 1.00. The second-order valence-electron chi connectivity index (χ2n) is 5.86. The Bertz CT molecular complexity index is 199. The molecule has 2 heterocycles. The van der Waals surface area contributed by atoms with Crippen LogP contribution in [0.25, 0.3) is 0 Å². The van der Waals surface area contributed by atoms with E-state index in [-0.39, 0.29) is 0 Å². The molecule has 0 aromatic heterocycles. The Kier molecular flexibility index (Phi) is 2.98. The average molecular weight is 208 g/mol. The first-order chi connectivity index (χ1) is 7.40. The van der Waals surface area contributed by atoms with Gasteiger partial charge in [-0.2, -0.15) is 0 Å². The highest BCUT2D eigenvalue weighted by molar-refractivity contribution is 4.90. The maximum atomic E-state index is 3.77. The van der Waals surface area contributed by atoms with Crippen molar-refractivity contribution in [1.29, 1.82) is 0 Å². The number of hydrogen-bond donors (Lipinski definition) is 1. The maximum Gasteiger partial charge on any atom is 0.0198 e. The van der Waals surface area contributed by atoms with Gasteiger partial charge in [-0.15, -0.1) is 0 Å². The van der Waals surface area contributed by atoms with Gasteiger partial charge in [0.2, 0.25) is 0 Å². The summed E-state index contributed by atoms with van der Waals surface area (Å²) in [4.78, 5) is 2.75. The highest BCUT2D eigenvalue weighted by atomic mass is 15.2. The van der Waals surface area contributed by atoms with Crippen LogP contribution in [0.5, 0.6) is 0 Å². The molecule has 2 atom stereocenters. The van der Waals surface area contributed by atoms with Gasteiger partial charge >= 0.3 is 0 Å². The van der Waals surface area contributed by atoms with Crippen LogP contribution in [0.15, 0.2) is 0 Å². The van der Waals surface area contributed by atoms with Gasteiger partial charge in [-0.05, 0) is 31.6 Å². The molecule has 0 aromatic rings. The predicted octanol–water partition coefficient (Wildman–Crippen LogP) is 2.00. The van der Waals surface area contributed by atoms with Crippen molar-refractivity contribution in [3.8, 4) is 0 Å². The molecule has 2 saturated heterocycles. The minimum absolute atomic E-state index is 0.818. The molecule has 3 aliphatic rings. The van der Waals surface area contributed by atoms with Gasteiger partial charge in [0, 0.05) is 31.7 Å². The normalized spacial score (nSPS) is 38.4. The summed E-state index contributed by atoms with van der Waals surface area (Å²) in [7, 11) is 0. The number of likely N-dealkylation sites (tertiary alicyclic amines) is 1. The van der Waals surface area contributed by atoms with Gasteiger partial charge in [-0.25, -0.2) is 0 Å². The standard InChI is InChI=1S/C13H24N2/c1-2-5-11(4-1)8-15-9-12-6-3-7-13(10-15)14-12/h11-14H,1-10H2. The van der Waals surface area contributed by atoms with Crippen LogP contribution in [0.1, 0.15) is 44.9 Å². The smallest absolute Gasteiger partial charge is 0.0198 e. The van der Waals surface area contributed by atoms with Gasteiger partial charge in [0.1, 0.15) is 0 Å². The first-order valence-corrected chi connectivity index (χ1v) is 6.88. The molecule has 0 amide bonds. The third-order valence-electron chi connectivity index (χ3n) is 4.52. The molecule has 15 heavy (non-hydrogen) atoms. The van der Waals surface area contributed by atoms with Crippen LogP contribution in [-0.2, 0) is 0 Å². The SMILES string of the molecule is C1CCC(CN2CC3CCCC(C2)N3)C1. The summed E-state index contributed by atoms with van der Waals surface area (Å²) in [5.74, 6) is 1.03. The van der Waals surface area contributed by atoms with E-state index in [0.717, 1.165) is 18.0 Å². The summed E-state index contributed by atoms with van der Waals surface area (Å²) >= 11 is 0. The van der Waals surface area contributed by atoms with Gasteiger partial charge in [-0.1, -0.05) is 19.3 Å². The molecule has 0 aromatic carbocycles. The first-order valence-electron chi connectivity index (χ1n) is 6.88. The van der Waals surface area contributed by atoms with Crippen molar-refractivity contribution >= 4 is 0 Å². The van der Waals surface area contributed by atoms with E-state index >= 15 is 0 Å². The van der Waals surface area contributed by atoms with Crippen LogP contribution in [0.4, 0.5) is 0 Å². The van der Waals surface area contributed by atoms with E-state index in [4.69, 9.17) is 0 Å². The van der Waals surface area contributed by atoms with E-state index in [1.165, 1.54) is 64.6 Å². The van der Waals surface area contributed by atoms with Gasteiger partial charge in [0.25, 0.3) is 0 Å². The zero-order valence-corrected chi connectivity index (χ0v) is 9.75. The van der Waals surface area contributed by atoms with Crippen molar-refractivity contribution in [1.82, 2.24) is 10.2 Å². The third kappa shape index (κ3) is 2.36. The maximum absolute atomic E-state index is 3.77. The molecule has 1 aliphatic carbocycles. The Balaban J connectivity index is 1.53. The summed E-state index contributed by atoms with van der Waals surface area (Å²) in [5.41, 5.74) is 0. The number of nitrogens with one attached hydrogen (secondary N) is 1. The highest BCUT2D eigenvalue weighted by Crippen LogP contribution is 2.27. The number of rotatable bonds is 2. The molecule has 86 valence electrons. The number of nitrogens with zero attached hydrogens (tertiary/aromatic N) is 1. The second kappa shape index (κ2) is 4.42. The lowest BCUT2D eigenvalue weighted by Crippen LogP contribution is -2.59. The largest absolute Gasteiger partial charge is 0.309 e. The van der Waals surface area contributed by atoms with Crippen molar-refractivity contribution in [3.63, 3.8) is 0 Å². The molecule has 1 saturated carbocycles. The summed E-state index contributed by atoms with van der Waals surface area (Å²) < 4.78 is 0. The quantitative estimate of drug-likeness (QED) is 0.747. The number of piperidine rings is 1. The van der Waals surface area contributed by atoms with E-state index in [9.17, 15) is 0 Å².